The molecule has 1 aromatic rings. The number of rotatable bonds is 3. The van der Waals surface area contributed by atoms with E-state index in [2.05, 4.69) is 10.6 Å². The van der Waals surface area contributed by atoms with Gasteiger partial charge < -0.3 is 15.7 Å². The Balaban J connectivity index is 2.13. The van der Waals surface area contributed by atoms with Gasteiger partial charge in [-0.3, -0.25) is 4.79 Å². The maximum atomic E-state index is 11.0. The van der Waals surface area contributed by atoms with Crippen molar-refractivity contribution < 1.29 is 9.90 Å². The van der Waals surface area contributed by atoms with Crippen molar-refractivity contribution in [3.05, 3.63) is 27.7 Å². The summed E-state index contributed by atoms with van der Waals surface area (Å²) in [5, 5.41) is 17.1. The van der Waals surface area contributed by atoms with Gasteiger partial charge >= 0.3 is 0 Å². The standard InChI is InChI=1S/C14H18Cl2N2O2/c1-8(19)18-7-10-6-9(4-5-17-10)13-12(20)3-2-11(15)14(13)16/h2-3,9-10,17,20H,4-7H2,1H3,(H,18,19)/t9-,10+/m1/s1. The molecule has 0 spiro atoms. The molecule has 20 heavy (non-hydrogen) atoms. The molecule has 1 fully saturated rings. The summed E-state index contributed by atoms with van der Waals surface area (Å²) in [6, 6.07) is 3.35. The van der Waals surface area contributed by atoms with E-state index < -0.39 is 0 Å². The monoisotopic (exact) mass is 316 g/mol. The fraction of sp³-hybridized carbons (Fsp3) is 0.500. The van der Waals surface area contributed by atoms with Crippen molar-refractivity contribution in [3.8, 4) is 5.75 Å². The first-order chi connectivity index (χ1) is 9.49. The van der Waals surface area contributed by atoms with Gasteiger partial charge in [-0.1, -0.05) is 23.2 Å². The van der Waals surface area contributed by atoms with Gasteiger partial charge in [0, 0.05) is 25.1 Å². The molecule has 0 radical (unpaired) electrons. The Morgan fingerprint density at radius 3 is 2.95 bits per heavy atom. The van der Waals surface area contributed by atoms with Crippen LogP contribution in [0.25, 0.3) is 0 Å². The van der Waals surface area contributed by atoms with Crippen LogP contribution in [0.2, 0.25) is 10.0 Å². The second-order valence-electron chi connectivity index (χ2n) is 5.10. The zero-order valence-corrected chi connectivity index (χ0v) is 12.8. The summed E-state index contributed by atoms with van der Waals surface area (Å²) in [5.74, 6) is 0.281. The topological polar surface area (TPSA) is 61.4 Å². The Bertz CT molecular complexity index is 508. The Labute approximate surface area is 128 Å². The maximum Gasteiger partial charge on any atom is 0.216 e. The fourth-order valence-corrected chi connectivity index (χ4v) is 3.11. The molecule has 1 saturated heterocycles. The second-order valence-corrected chi connectivity index (χ2v) is 5.89. The first kappa shape index (κ1) is 15.4. The first-order valence-corrected chi connectivity index (χ1v) is 7.39. The van der Waals surface area contributed by atoms with Crippen LogP contribution in [0.4, 0.5) is 0 Å². The number of nitrogens with one attached hydrogen (secondary N) is 2. The first-order valence-electron chi connectivity index (χ1n) is 6.63. The van der Waals surface area contributed by atoms with E-state index in [9.17, 15) is 9.90 Å². The van der Waals surface area contributed by atoms with Gasteiger partial charge in [0.05, 0.1) is 10.0 Å². The molecular weight excluding hydrogens is 299 g/mol. The predicted octanol–water partition coefficient (Wildman–Crippen LogP) is 2.67. The SMILES string of the molecule is CC(=O)NC[C@@H]1C[C@H](c2c(O)ccc(Cl)c2Cl)CCN1. The lowest BCUT2D eigenvalue weighted by molar-refractivity contribution is -0.119. The van der Waals surface area contributed by atoms with E-state index >= 15 is 0 Å². The zero-order valence-electron chi connectivity index (χ0n) is 11.2. The quantitative estimate of drug-likeness (QED) is 0.803. The summed E-state index contributed by atoms with van der Waals surface area (Å²) >= 11 is 12.3. The van der Waals surface area contributed by atoms with Crippen LogP contribution in [-0.2, 0) is 4.79 Å². The van der Waals surface area contributed by atoms with Crippen molar-refractivity contribution in [1.82, 2.24) is 10.6 Å². The Morgan fingerprint density at radius 1 is 1.50 bits per heavy atom. The molecule has 1 aromatic carbocycles. The van der Waals surface area contributed by atoms with E-state index in [-0.39, 0.29) is 23.6 Å². The third kappa shape index (κ3) is 3.57. The van der Waals surface area contributed by atoms with Crippen LogP contribution in [0, 0.1) is 0 Å². The van der Waals surface area contributed by atoms with Gasteiger partial charge in [-0.15, -0.1) is 0 Å². The second kappa shape index (κ2) is 6.66. The lowest BCUT2D eigenvalue weighted by Crippen LogP contribution is -2.45. The smallest absolute Gasteiger partial charge is 0.216 e. The zero-order chi connectivity index (χ0) is 14.7. The molecule has 0 bridgehead atoms. The highest BCUT2D eigenvalue weighted by atomic mass is 35.5. The number of carbonyl (C=O) groups is 1. The minimum Gasteiger partial charge on any atom is -0.508 e. The van der Waals surface area contributed by atoms with Gasteiger partial charge in [0.25, 0.3) is 0 Å². The van der Waals surface area contributed by atoms with Crippen LogP contribution in [0.15, 0.2) is 12.1 Å². The average Bonchev–Trinajstić information content (AvgIpc) is 2.42. The molecule has 1 heterocycles. The third-order valence-corrected chi connectivity index (χ3v) is 4.43. The summed E-state index contributed by atoms with van der Waals surface area (Å²) in [5.41, 5.74) is 0.716. The van der Waals surface area contributed by atoms with Gasteiger partial charge in [-0.05, 0) is 37.4 Å². The van der Waals surface area contributed by atoms with E-state index in [1.165, 1.54) is 6.92 Å². The number of piperidine rings is 1. The lowest BCUT2D eigenvalue weighted by atomic mass is 9.85. The number of hydrogen-bond acceptors (Lipinski definition) is 3. The van der Waals surface area contributed by atoms with Crippen molar-refractivity contribution in [1.29, 1.82) is 0 Å². The summed E-state index contributed by atoms with van der Waals surface area (Å²) < 4.78 is 0. The van der Waals surface area contributed by atoms with Crippen LogP contribution in [0.3, 0.4) is 0 Å². The van der Waals surface area contributed by atoms with Crippen molar-refractivity contribution in [2.45, 2.75) is 31.7 Å². The van der Waals surface area contributed by atoms with Gasteiger partial charge in [-0.2, -0.15) is 0 Å². The molecule has 2 rings (SSSR count). The van der Waals surface area contributed by atoms with Gasteiger partial charge in [0.1, 0.15) is 5.75 Å². The third-order valence-electron chi connectivity index (χ3n) is 3.61. The number of halogens is 2. The van der Waals surface area contributed by atoms with Crippen molar-refractivity contribution in [2.24, 2.45) is 0 Å². The molecule has 0 aromatic heterocycles. The normalized spacial score (nSPS) is 22.6. The van der Waals surface area contributed by atoms with E-state index in [1.807, 2.05) is 0 Å². The summed E-state index contributed by atoms with van der Waals surface area (Å²) in [6.45, 7) is 2.89. The lowest BCUT2D eigenvalue weighted by Gasteiger charge is -2.31. The van der Waals surface area contributed by atoms with Crippen molar-refractivity contribution in [2.75, 3.05) is 13.1 Å². The largest absolute Gasteiger partial charge is 0.508 e. The van der Waals surface area contributed by atoms with Crippen molar-refractivity contribution in [3.63, 3.8) is 0 Å². The minimum absolute atomic E-state index is 0.0439. The van der Waals surface area contributed by atoms with E-state index in [0.717, 1.165) is 19.4 Å². The van der Waals surface area contributed by atoms with E-state index in [1.54, 1.807) is 12.1 Å². The fourth-order valence-electron chi connectivity index (χ4n) is 2.64. The highest BCUT2D eigenvalue weighted by molar-refractivity contribution is 6.42. The number of amides is 1. The summed E-state index contributed by atoms with van der Waals surface area (Å²) in [4.78, 5) is 11.0. The maximum absolute atomic E-state index is 11.0. The number of aromatic hydroxyl groups is 1. The van der Waals surface area contributed by atoms with Crippen molar-refractivity contribution >= 4 is 29.1 Å². The van der Waals surface area contributed by atoms with Crippen LogP contribution < -0.4 is 10.6 Å². The molecule has 0 unspecified atom stereocenters. The average molecular weight is 317 g/mol. The number of benzene rings is 1. The summed E-state index contributed by atoms with van der Waals surface area (Å²) in [6.07, 6.45) is 1.68. The van der Waals surface area contributed by atoms with Crippen LogP contribution in [0.5, 0.6) is 5.75 Å². The molecule has 1 aliphatic heterocycles. The highest BCUT2D eigenvalue weighted by Crippen LogP contribution is 2.41. The molecule has 0 aliphatic carbocycles. The Kier molecular flexibility index (Phi) is 5.13. The Morgan fingerprint density at radius 2 is 2.25 bits per heavy atom. The van der Waals surface area contributed by atoms with E-state index in [4.69, 9.17) is 23.2 Å². The number of hydrogen-bond donors (Lipinski definition) is 3. The summed E-state index contributed by atoms with van der Waals surface area (Å²) in [7, 11) is 0. The number of phenols is 1. The molecule has 6 heteroatoms. The highest BCUT2D eigenvalue weighted by Gasteiger charge is 2.27. The molecule has 2 atom stereocenters. The Hall–Kier alpha value is -0.970. The van der Waals surface area contributed by atoms with Gasteiger partial charge in [0.2, 0.25) is 5.91 Å². The molecular formula is C14H18Cl2N2O2. The predicted molar refractivity (Wildman–Crippen MR) is 80.6 cm³/mol. The van der Waals surface area contributed by atoms with E-state index in [0.29, 0.717) is 22.2 Å². The van der Waals surface area contributed by atoms with Gasteiger partial charge in [-0.25, -0.2) is 0 Å². The van der Waals surface area contributed by atoms with Gasteiger partial charge in [0.15, 0.2) is 0 Å². The number of carbonyl (C=O) groups excluding carboxylic acids is 1. The molecule has 110 valence electrons. The molecule has 0 saturated carbocycles. The van der Waals surface area contributed by atoms with Crippen LogP contribution in [-0.4, -0.2) is 30.1 Å². The molecule has 4 nitrogen and oxygen atoms in total. The molecule has 3 N–H and O–H groups in total. The minimum atomic E-state index is -0.0439. The van der Waals surface area contributed by atoms with Crippen LogP contribution in [0.1, 0.15) is 31.2 Å². The van der Waals surface area contributed by atoms with Crippen LogP contribution >= 0.6 is 23.2 Å². The number of phenolic OH excluding ortho intramolecular Hbond substituents is 1. The molecule has 1 aliphatic rings. The molecule has 1 amide bonds.